The molecular weight excluding hydrogens is 268 g/mol. The van der Waals surface area contributed by atoms with Gasteiger partial charge in [-0.05, 0) is 31.4 Å². The normalized spacial score (nSPS) is 12.3. The van der Waals surface area contributed by atoms with Gasteiger partial charge in [0.2, 0.25) is 0 Å². The lowest BCUT2D eigenvalue weighted by molar-refractivity contribution is 0.406. The molecule has 2 rings (SSSR count). The third kappa shape index (κ3) is 4.05. The Morgan fingerprint density at radius 2 is 2.15 bits per heavy atom. The number of methoxy groups -OCH3 is 1. The molecule has 1 heterocycles. The topological polar surface area (TPSA) is 34.2 Å². The van der Waals surface area contributed by atoms with Crippen LogP contribution in [0.4, 0.5) is 0 Å². The lowest BCUT2D eigenvalue weighted by atomic mass is 10.1. The van der Waals surface area contributed by atoms with Gasteiger partial charge in [-0.2, -0.15) is 0 Å². The molecule has 2 aromatic rings. The summed E-state index contributed by atoms with van der Waals surface area (Å²) in [6.07, 6.45) is 3.96. The van der Waals surface area contributed by atoms with E-state index < -0.39 is 0 Å². The number of nitrogens with one attached hydrogen (secondary N) is 1. The van der Waals surface area contributed by atoms with Gasteiger partial charge in [-0.15, -0.1) is 11.3 Å². The molecular formula is C16H22N2OS. The van der Waals surface area contributed by atoms with Crippen LogP contribution in [0.25, 0.3) is 0 Å². The molecule has 3 nitrogen and oxygen atoms in total. The van der Waals surface area contributed by atoms with Gasteiger partial charge in [0, 0.05) is 23.7 Å². The van der Waals surface area contributed by atoms with Gasteiger partial charge in [0.05, 0.1) is 12.1 Å². The number of rotatable bonds is 7. The maximum Gasteiger partial charge on any atom is 0.122 e. The zero-order valence-electron chi connectivity index (χ0n) is 12.3. The molecule has 0 spiro atoms. The van der Waals surface area contributed by atoms with Crippen LogP contribution in [-0.2, 0) is 19.4 Å². The zero-order chi connectivity index (χ0) is 14.4. The third-order valence-electron chi connectivity index (χ3n) is 3.25. The van der Waals surface area contributed by atoms with Gasteiger partial charge in [0.15, 0.2) is 0 Å². The Balaban J connectivity index is 1.87. The number of para-hydroxylation sites is 1. The Labute approximate surface area is 125 Å². The van der Waals surface area contributed by atoms with Crippen molar-refractivity contribution in [2.75, 3.05) is 7.11 Å². The summed E-state index contributed by atoms with van der Waals surface area (Å²) in [5.41, 5.74) is 1.24. The standard InChI is InChI=1S/C16H22N2OS/c1-4-16-18-11-14(20-16)10-17-12(2)9-13-7-5-6-8-15(13)19-3/h5-8,11-12,17H,4,9-10H2,1-3H3. The van der Waals surface area contributed by atoms with Crippen molar-refractivity contribution in [3.8, 4) is 5.75 Å². The van der Waals surface area contributed by atoms with E-state index in [2.05, 4.69) is 36.3 Å². The predicted molar refractivity (Wildman–Crippen MR) is 84.5 cm³/mol. The summed E-state index contributed by atoms with van der Waals surface area (Å²) in [5.74, 6) is 0.965. The van der Waals surface area contributed by atoms with E-state index in [-0.39, 0.29) is 0 Å². The maximum absolute atomic E-state index is 5.39. The second kappa shape index (κ2) is 7.41. The number of benzene rings is 1. The molecule has 0 saturated carbocycles. The molecule has 108 valence electrons. The van der Waals surface area contributed by atoms with Crippen molar-refractivity contribution < 1.29 is 4.74 Å². The van der Waals surface area contributed by atoms with Gasteiger partial charge in [-0.3, -0.25) is 0 Å². The summed E-state index contributed by atoms with van der Waals surface area (Å²) in [6.45, 7) is 5.22. The molecule has 1 unspecified atom stereocenters. The van der Waals surface area contributed by atoms with E-state index in [1.807, 2.05) is 18.3 Å². The van der Waals surface area contributed by atoms with Crippen LogP contribution in [0.1, 0.15) is 29.3 Å². The van der Waals surface area contributed by atoms with Crippen molar-refractivity contribution in [3.05, 3.63) is 45.9 Å². The van der Waals surface area contributed by atoms with Crippen molar-refractivity contribution in [3.63, 3.8) is 0 Å². The van der Waals surface area contributed by atoms with Crippen LogP contribution in [0.5, 0.6) is 5.75 Å². The summed E-state index contributed by atoms with van der Waals surface area (Å²) in [7, 11) is 1.72. The van der Waals surface area contributed by atoms with E-state index in [1.54, 1.807) is 18.4 Å². The minimum Gasteiger partial charge on any atom is -0.496 e. The molecule has 1 atom stereocenters. The highest BCUT2D eigenvalue weighted by Gasteiger charge is 2.08. The molecule has 1 aromatic heterocycles. The number of ether oxygens (including phenoxy) is 1. The molecule has 0 aliphatic rings. The van der Waals surface area contributed by atoms with E-state index in [9.17, 15) is 0 Å². The highest BCUT2D eigenvalue weighted by atomic mass is 32.1. The summed E-state index contributed by atoms with van der Waals surface area (Å²) < 4.78 is 5.39. The minimum absolute atomic E-state index is 0.401. The average molecular weight is 290 g/mol. The van der Waals surface area contributed by atoms with Gasteiger partial charge in [-0.25, -0.2) is 4.98 Å². The molecule has 4 heteroatoms. The largest absolute Gasteiger partial charge is 0.496 e. The maximum atomic E-state index is 5.39. The number of hydrogen-bond acceptors (Lipinski definition) is 4. The van der Waals surface area contributed by atoms with Crippen LogP contribution in [0.15, 0.2) is 30.5 Å². The number of thiazole rings is 1. The molecule has 0 amide bonds. The molecule has 0 radical (unpaired) electrons. The Morgan fingerprint density at radius 1 is 1.35 bits per heavy atom. The van der Waals surface area contributed by atoms with E-state index in [1.165, 1.54) is 15.4 Å². The first-order valence-electron chi connectivity index (χ1n) is 7.01. The van der Waals surface area contributed by atoms with Crippen LogP contribution in [0, 0.1) is 0 Å². The Kier molecular flexibility index (Phi) is 5.56. The van der Waals surface area contributed by atoms with Gasteiger partial charge >= 0.3 is 0 Å². The van der Waals surface area contributed by atoms with E-state index in [0.717, 1.165) is 25.1 Å². The summed E-state index contributed by atoms with van der Waals surface area (Å²) in [4.78, 5) is 5.68. The highest BCUT2D eigenvalue weighted by molar-refractivity contribution is 7.11. The Hall–Kier alpha value is -1.39. The van der Waals surface area contributed by atoms with Crippen LogP contribution in [0.3, 0.4) is 0 Å². The van der Waals surface area contributed by atoms with Crippen LogP contribution in [0.2, 0.25) is 0 Å². The van der Waals surface area contributed by atoms with E-state index in [4.69, 9.17) is 4.74 Å². The molecule has 0 aliphatic heterocycles. The SMILES string of the molecule is CCc1ncc(CNC(C)Cc2ccccc2OC)s1. The molecule has 1 N–H and O–H groups in total. The summed E-state index contributed by atoms with van der Waals surface area (Å²) in [5, 5.41) is 4.76. The fourth-order valence-electron chi connectivity index (χ4n) is 2.14. The van der Waals surface area contributed by atoms with Gasteiger partial charge < -0.3 is 10.1 Å². The van der Waals surface area contributed by atoms with Crippen molar-refractivity contribution >= 4 is 11.3 Å². The fraction of sp³-hybridized carbons (Fsp3) is 0.438. The number of hydrogen-bond donors (Lipinski definition) is 1. The first kappa shape index (κ1) is 15.0. The zero-order valence-corrected chi connectivity index (χ0v) is 13.2. The molecule has 0 saturated heterocycles. The Morgan fingerprint density at radius 3 is 2.85 bits per heavy atom. The van der Waals surface area contributed by atoms with Gasteiger partial charge in [0.25, 0.3) is 0 Å². The van der Waals surface area contributed by atoms with Crippen molar-refractivity contribution in [1.29, 1.82) is 0 Å². The smallest absolute Gasteiger partial charge is 0.122 e. The van der Waals surface area contributed by atoms with Crippen LogP contribution >= 0.6 is 11.3 Å². The minimum atomic E-state index is 0.401. The summed E-state index contributed by atoms with van der Waals surface area (Å²) in [6, 6.07) is 8.60. The van der Waals surface area contributed by atoms with Gasteiger partial charge in [-0.1, -0.05) is 25.1 Å². The van der Waals surface area contributed by atoms with Crippen molar-refractivity contribution in [2.24, 2.45) is 0 Å². The number of aromatic nitrogens is 1. The lowest BCUT2D eigenvalue weighted by Crippen LogP contribution is -2.27. The van der Waals surface area contributed by atoms with E-state index in [0.29, 0.717) is 6.04 Å². The molecule has 0 bridgehead atoms. The predicted octanol–water partition coefficient (Wildman–Crippen LogP) is 3.43. The molecule has 0 aliphatic carbocycles. The molecule has 1 aromatic carbocycles. The third-order valence-corrected chi connectivity index (χ3v) is 4.39. The fourth-order valence-corrected chi connectivity index (χ4v) is 2.95. The first-order chi connectivity index (χ1) is 9.72. The monoisotopic (exact) mass is 290 g/mol. The Bertz CT molecular complexity index is 539. The van der Waals surface area contributed by atoms with Crippen LogP contribution in [-0.4, -0.2) is 18.1 Å². The molecule has 0 fully saturated rings. The summed E-state index contributed by atoms with van der Waals surface area (Å²) >= 11 is 1.79. The van der Waals surface area contributed by atoms with E-state index >= 15 is 0 Å². The number of aryl methyl sites for hydroxylation is 1. The van der Waals surface area contributed by atoms with Crippen molar-refractivity contribution in [2.45, 2.75) is 39.3 Å². The second-order valence-corrected chi connectivity index (χ2v) is 6.07. The quantitative estimate of drug-likeness (QED) is 0.848. The average Bonchev–Trinajstić information content (AvgIpc) is 2.94. The second-order valence-electron chi connectivity index (χ2n) is 4.87. The van der Waals surface area contributed by atoms with Crippen molar-refractivity contribution in [1.82, 2.24) is 10.3 Å². The number of nitrogens with zero attached hydrogens (tertiary/aromatic N) is 1. The van der Waals surface area contributed by atoms with Gasteiger partial charge in [0.1, 0.15) is 5.75 Å². The highest BCUT2D eigenvalue weighted by Crippen LogP contribution is 2.19. The lowest BCUT2D eigenvalue weighted by Gasteiger charge is -2.15. The molecule has 20 heavy (non-hydrogen) atoms. The van der Waals surface area contributed by atoms with Crippen LogP contribution < -0.4 is 10.1 Å². The first-order valence-corrected chi connectivity index (χ1v) is 7.83.